The van der Waals surface area contributed by atoms with Crippen molar-refractivity contribution in [3.8, 4) is 6.07 Å². The highest BCUT2D eigenvalue weighted by atomic mass is 16.3. The lowest BCUT2D eigenvalue weighted by Crippen LogP contribution is -2.26. The summed E-state index contributed by atoms with van der Waals surface area (Å²) in [5.41, 5.74) is 0.260. The number of hydrogen-bond donors (Lipinski definition) is 1. The van der Waals surface area contributed by atoms with Crippen molar-refractivity contribution >= 4 is 0 Å². The molecule has 3 nitrogen and oxygen atoms in total. The molecule has 15 heavy (non-hydrogen) atoms. The highest BCUT2D eigenvalue weighted by Crippen LogP contribution is 2.48. The van der Waals surface area contributed by atoms with Gasteiger partial charge >= 0.3 is 0 Å². The van der Waals surface area contributed by atoms with E-state index in [0.717, 1.165) is 12.3 Å². The minimum atomic E-state index is 0.233. The van der Waals surface area contributed by atoms with E-state index in [9.17, 15) is 0 Å². The number of rotatable bonds is 5. The zero-order valence-electron chi connectivity index (χ0n) is 8.99. The minimum Gasteiger partial charge on any atom is -0.468 e. The maximum absolute atomic E-state index is 8.69. The van der Waals surface area contributed by atoms with Gasteiger partial charge in [0, 0.05) is 13.0 Å². The van der Waals surface area contributed by atoms with E-state index in [-0.39, 0.29) is 11.5 Å². The van der Waals surface area contributed by atoms with Crippen molar-refractivity contribution in [3.05, 3.63) is 24.2 Å². The molecule has 0 bridgehead atoms. The van der Waals surface area contributed by atoms with Gasteiger partial charge in [-0.25, -0.2) is 0 Å². The monoisotopic (exact) mass is 204 g/mol. The van der Waals surface area contributed by atoms with Crippen molar-refractivity contribution in [3.63, 3.8) is 0 Å². The van der Waals surface area contributed by atoms with Crippen molar-refractivity contribution in [1.29, 1.82) is 5.26 Å². The summed E-state index contributed by atoms with van der Waals surface area (Å²) in [7, 11) is 0. The van der Waals surface area contributed by atoms with Gasteiger partial charge in [0.05, 0.1) is 18.4 Å². The molecule has 1 aromatic heterocycles. The third kappa shape index (κ3) is 2.40. The summed E-state index contributed by atoms with van der Waals surface area (Å²) in [4.78, 5) is 0. The number of nitriles is 1. The predicted octanol–water partition coefficient (Wildman–Crippen LogP) is 2.62. The highest BCUT2D eigenvalue weighted by Gasteiger charge is 2.42. The number of nitrogens with one attached hydrogen (secondary N) is 1. The Balaban J connectivity index is 1.81. The van der Waals surface area contributed by atoms with Crippen molar-refractivity contribution in [1.82, 2.24) is 5.32 Å². The molecule has 80 valence electrons. The SMILES string of the molecule is C[C@@H](NCC1(CC#N)CC1)c1ccco1. The first-order chi connectivity index (χ1) is 7.26. The molecule has 1 atom stereocenters. The molecule has 1 aromatic rings. The normalized spacial score (nSPS) is 19.5. The fourth-order valence-corrected chi connectivity index (χ4v) is 1.77. The molecule has 0 aromatic carbocycles. The summed E-state index contributed by atoms with van der Waals surface area (Å²) in [6, 6.07) is 6.37. The van der Waals surface area contributed by atoms with E-state index in [1.54, 1.807) is 6.26 Å². The van der Waals surface area contributed by atoms with Crippen LogP contribution in [0.25, 0.3) is 0 Å². The van der Waals surface area contributed by atoms with Crippen LogP contribution in [0.15, 0.2) is 22.8 Å². The van der Waals surface area contributed by atoms with Crippen molar-refractivity contribution in [2.75, 3.05) is 6.54 Å². The lowest BCUT2D eigenvalue weighted by molar-refractivity contribution is 0.385. The predicted molar refractivity (Wildman–Crippen MR) is 57.0 cm³/mol. The molecule has 0 spiro atoms. The quantitative estimate of drug-likeness (QED) is 0.802. The van der Waals surface area contributed by atoms with Gasteiger partial charge in [-0.3, -0.25) is 0 Å². The van der Waals surface area contributed by atoms with Crippen LogP contribution in [0.2, 0.25) is 0 Å². The van der Waals surface area contributed by atoms with Crippen LogP contribution in [0.4, 0.5) is 0 Å². The Hall–Kier alpha value is -1.27. The third-order valence-electron chi connectivity index (χ3n) is 3.16. The third-order valence-corrected chi connectivity index (χ3v) is 3.16. The van der Waals surface area contributed by atoms with Crippen LogP contribution in [0, 0.1) is 16.7 Å². The average Bonchev–Trinajstić information content (AvgIpc) is 2.81. The Labute approximate surface area is 90.1 Å². The fraction of sp³-hybridized carbons (Fsp3) is 0.583. The smallest absolute Gasteiger partial charge is 0.120 e. The fourth-order valence-electron chi connectivity index (χ4n) is 1.77. The summed E-state index contributed by atoms with van der Waals surface area (Å²) < 4.78 is 5.31. The first kappa shape index (κ1) is 10.3. The molecule has 1 saturated carbocycles. The van der Waals surface area contributed by atoms with Crippen LogP contribution in [0.3, 0.4) is 0 Å². The molecular formula is C12H16N2O. The molecule has 0 amide bonds. The van der Waals surface area contributed by atoms with Crippen LogP contribution in [-0.4, -0.2) is 6.54 Å². The second kappa shape index (κ2) is 4.08. The molecule has 1 heterocycles. The number of furan rings is 1. The second-order valence-electron chi connectivity index (χ2n) is 4.45. The van der Waals surface area contributed by atoms with E-state index in [4.69, 9.17) is 9.68 Å². The lowest BCUT2D eigenvalue weighted by Gasteiger charge is -2.16. The van der Waals surface area contributed by atoms with Gasteiger partial charge in [0.2, 0.25) is 0 Å². The Bertz CT molecular complexity index is 346. The molecule has 1 aliphatic carbocycles. The Morgan fingerprint density at radius 1 is 1.67 bits per heavy atom. The van der Waals surface area contributed by atoms with E-state index < -0.39 is 0 Å². The minimum absolute atomic E-state index is 0.233. The molecule has 1 fully saturated rings. The molecule has 3 heteroatoms. The van der Waals surface area contributed by atoms with Crippen molar-refractivity contribution in [2.24, 2.45) is 5.41 Å². The van der Waals surface area contributed by atoms with Gasteiger partial charge in [-0.1, -0.05) is 0 Å². The number of hydrogen-bond acceptors (Lipinski definition) is 3. The Kier molecular flexibility index (Phi) is 2.79. The van der Waals surface area contributed by atoms with Crippen molar-refractivity contribution < 1.29 is 4.42 Å². The van der Waals surface area contributed by atoms with Gasteiger partial charge < -0.3 is 9.73 Å². The molecule has 2 rings (SSSR count). The Morgan fingerprint density at radius 3 is 3.00 bits per heavy atom. The molecular weight excluding hydrogens is 188 g/mol. The largest absolute Gasteiger partial charge is 0.468 e. The van der Waals surface area contributed by atoms with Gasteiger partial charge in [-0.15, -0.1) is 0 Å². The van der Waals surface area contributed by atoms with Crippen molar-refractivity contribution in [2.45, 2.75) is 32.2 Å². The maximum atomic E-state index is 8.69. The van der Waals surface area contributed by atoms with Crippen LogP contribution in [0.5, 0.6) is 0 Å². The summed E-state index contributed by atoms with van der Waals surface area (Å²) in [5.74, 6) is 0.961. The van der Waals surface area contributed by atoms with Gasteiger partial charge in [0.1, 0.15) is 5.76 Å². The average molecular weight is 204 g/mol. The molecule has 0 radical (unpaired) electrons. The molecule has 1 aliphatic rings. The van der Waals surface area contributed by atoms with Crippen LogP contribution >= 0.6 is 0 Å². The van der Waals surface area contributed by atoms with Gasteiger partial charge in [-0.05, 0) is 37.3 Å². The number of nitrogens with zero attached hydrogens (tertiary/aromatic N) is 1. The topological polar surface area (TPSA) is 49.0 Å². The standard InChI is InChI=1S/C12H16N2O/c1-10(11-3-2-8-15-11)14-9-12(4-5-12)6-7-13/h2-3,8,10,14H,4-6,9H2,1H3/t10-/m1/s1. The van der Waals surface area contributed by atoms with Crippen LogP contribution in [0.1, 0.15) is 38.0 Å². The molecule has 1 N–H and O–H groups in total. The van der Waals surface area contributed by atoms with Gasteiger partial charge in [0.25, 0.3) is 0 Å². The van der Waals surface area contributed by atoms with E-state index >= 15 is 0 Å². The summed E-state index contributed by atoms with van der Waals surface area (Å²) in [6.07, 6.45) is 4.72. The summed E-state index contributed by atoms with van der Waals surface area (Å²) in [6.45, 7) is 3.00. The van der Waals surface area contributed by atoms with E-state index in [0.29, 0.717) is 6.42 Å². The molecule has 0 unspecified atom stereocenters. The van der Waals surface area contributed by atoms with Gasteiger partial charge in [0.15, 0.2) is 0 Å². The molecule has 0 saturated heterocycles. The first-order valence-corrected chi connectivity index (χ1v) is 5.39. The van der Waals surface area contributed by atoms with Crippen LogP contribution in [-0.2, 0) is 0 Å². The van der Waals surface area contributed by atoms with E-state index in [1.807, 2.05) is 12.1 Å². The highest BCUT2D eigenvalue weighted by molar-refractivity contribution is 5.05. The summed E-state index contributed by atoms with van der Waals surface area (Å²) in [5, 5.41) is 12.1. The van der Waals surface area contributed by atoms with Gasteiger partial charge in [-0.2, -0.15) is 5.26 Å². The van der Waals surface area contributed by atoms with Crippen LogP contribution < -0.4 is 5.32 Å². The maximum Gasteiger partial charge on any atom is 0.120 e. The van der Waals surface area contributed by atoms with E-state index in [2.05, 4.69) is 18.3 Å². The summed E-state index contributed by atoms with van der Waals surface area (Å²) >= 11 is 0. The Morgan fingerprint density at radius 2 is 2.47 bits per heavy atom. The zero-order chi connectivity index (χ0) is 10.7. The second-order valence-corrected chi connectivity index (χ2v) is 4.45. The van der Waals surface area contributed by atoms with E-state index in [1.165, 1.54) is 12.8 Å². The lowest BCUT2D eigenvalue weighted by atomic mass is 10.0. The zero-order valence-corrected chi connectivity index (χ0v) is 8.99. The molecule has 0 aliphatic heterocycles. The first-order valence-electron chi connectivity index (χ1n) is 5.39.